The second kappa shape index (κ2) is 20.8. The molecule has 12 nitrogen and oxygen atoms in total. The van der Waals surface area contributed by atoms with Crippen molar-refractivity contribution >= 4 is 67.4 Å². The molecule has 0 bridgehead atoms. The summed E-state index contributed by atoms with van der Waals surface area (Å²) in [5.41, 5.74) is 0.565. The van der Waals surface area contributed by atoms with Gasteiger partial charge in [0.2, 0.25) is 0 Å². The number of phenolic OH excluding ortho intramolecular Hbond substituents is 1. The van der Waals surface area contributed by atoms with Crippen molar-refractivity contribution in [3.63, 3.8) is 0 Å². The van der Waals surface area contributed by atoms with E-state index in [4.69, 9.17) is 41.0 Å². The van der Waals surface area contributed by atoms with Gasteiger partial charge in [0.25, 0.3) is 18.4 Å². The van der Waals surface area contributed by atoms with E-state index < -0.39 is 68.6 Å². The van der Waals surface area contributed by atoms with Crippen molar-refractivity contribution in [3.05, 3.63) is 92.5 Å². The molecular formula is C44H58Cl2CsNO11SSi2. The molecule has 0 aliphatic heterocycles. The van der Waals surface area contributed by atoms with Crippen LogP contribution >= 0.6 is 23.2 Å². The molecule has 0 spiro atoms. The summed E-state index contributed by atoms with van der Waals surface area (Å²) in [6, 6.07) is 13.6. The van der Waals surface area contributed by atoms with Crippen molar-refractivity contribution in [2.45, 2.75) is 139 Å². The van der Waals surface area contributed by atoms with Crippen molar-refractivity contribution in [2.24, 2.45) is 4.99 Å². The molecule has 2 aliphatic carbocycles. The third-order valence-corrected chi connectivity index (χ3v) is 23.4. The first-order chi connectivity index (χ1) is 28.3. The minimum Gasteiger partial charge on any atom is -0.862 e. The minimum absolute atomic E-state index is 0. The Hall–Kier alpha value is -1.20. The fourth-order valence-electron chi connectivity index (χ4n) is 7.62. The van der Waals surface area contributed by atoms with Crippen LogP contribution in [-0.2, 0) is 34.7 Å². The van der Waals surface area contributed by atoms with E-state index in [1.807, 2.05) is 40.8 Å². The van der Waals surface area contributed by atoms with E-state index in [0.29, 0.717) is 16.7 Å². The molecule has 334 valence electrons. The number of aliphatic hydroxyl groups excluding tert-OH is 1. The van der Waals surface area contributed by atoms with Gasteiger partial charge in [0, 0.05) is 24.0 Å². The molecular weight excluding hydrogens is 1010 g/mol. The first-order valence-corrected chi connectivity index (χ1v) is 28.1. The van der Waals surface area contributed by atoms with Gasteiger partial charge in [-0.25, -0.2) is 4.79 Å². The number of benzene rings is 3. The number of halogens is 2. The van der Waals surface area contributed by atoms with Crippen LogP contribution in [0.25, 0.3) is 5.57 Å². The SMILES string of the molecule is CC[Si](CC)(CC)Oc1cc(C[C@H](N=C(C)[O-])C(=O)OCC(O[Si](C)(C)C(C)(C)C)c2ccc3c(c2Cl)C2=C[C@H](O)C[C@]2(O)[C@H]3OS(=O)(=O)c2ccc(C)cc2)cc(Cl)c1O.[Cs+]. The van der Waals surface area contributed by atoms with E-state index in [0.717, 1.165) is 23.7 Å². The van der Waals surface area contributed by atoms with Crippen LogP contribution in [0.3, 0.4) is 0 Å². The number of fused-ring (bicyclic) bond motifs is 3. The fourth-order valence-corrected chi connectivity index (χ4v) is 13.2. The molecule has 0 aromatic heterocycles. The summed E-state index contributed by atoms with van der Waals surface area (Å²) < 4.78 is 52.3. The van der Waals surface area contributed by atoms with Crippen molar-refractivity contribution in [1.82, 2.24) is 0 Å². The van der Waals surface area contributed by atoms with E-state index >= 15 is 0 Å². The van der Waals surface area contributed by atoms with Crippen molar-refractivity contribution in [2.75, 3.05) is 6.61 Å². The van der Waals surface area contributed by atoms with Crippen LogP contribution in [0.4, 0.5) is 0 Å². The zero-order chi connectivity index (χ0) is 45.5. The molecule has 0 saturated heterocycles. The van der Waals surface area contributed by atoms with Gasteiger partial charge in [-0.2, -0.15) is 8.42 Å². The molecule has 3 aromatic rings. The molecule has 62 heavy (non-hydrogen) atoms. The topological polar surface area (TPSA) is 184 Å². The zero-order valence-corrected chi connectivity index (χ0v) is 48.1. The predicted molar refractivity (Wildman–Crippen MR) is 241 cm³/mol. The molecule has 3 N–H and O–H groups in total. The molecule has 2 aliphatic rings. The second-order valence-electron chi connectivity index (χ2n) is 17.6. The Labute approximate surface area is 437 Å². The Bertz CT molecular complexity index is 2290. The predicted octanol–water partition coefficient (Wildman–Crippen LogP) is 5.73. The standard InChI is InChI=1S/C44H59Cl2NO11SSi2.Cs/c1-11-61(12-2,13-3)58-36-22-28(20-34(45)40(36)50)21-35(47-27(5)48)42(51)55-25-37(57-60(9,10)43(6,7)8)31-18-19-32-38(39(31)46)33-23-29(49)24-44(33,52)41(32)56-59(53,54)30-16-14-26(4)15-17-30;/h14-20,22-23,29,35,37,41,49-50,52H,11-13,21,24-25H2,1-10H3,(H,47,48);/q;+1/p-1/t29-,35-,37?,41-,44+;/m0./s1. The Kier molecular flexibility index (Phi) is 17.9. The molecule has 3 aromatic carbocycles. The number of nitrogens with zero attached hydrogens (tertiary/aromatic N) is 1. The van der Waals surface area contributed by atoms with Crippen LogP contribution in [0.15, 0.2) is 64.5 Å². The maximum atomic E-state index is 14.0. The summed E-state index contributed by atoms with van der Waals surface area (Å²) in [6.07, 6.45) is -2.44. The molecule has 0 fully saturated rings. The van der Waals surface area contributed by atoms with E-state index in [1.54, 1.807) is 30.3 Å². The summed E-state index contributed by atoms with van der Waals surface area (Å²) in [5.74, 6) is -1.42. The second-order valence-corrected chi connectivity index (χ2v) is 29.4. The molecule has 0 radical (unpaired) electrons. The van der Waals surface area contributed by atoms with Crippen LogP contribution in [0.1, 0.15) is 94.9 Å². The Morgan fingerprint density at radius 2 is 1.66 bits per heavy atom. The summed E-state index contributed by atoms with van der Waals surface area (Å²) in [7, 11) is -9.30. The van der Waals surface area contributed by atoms with Crippen molar-refractivity contribution in [3.8, 4) is 11.5 Å². The normalized spacial score (nSPS) is 20.2. The van der Waals surface area contributed by atoms with Crippen LogP contribution in [0.2, 0.25) is 46.3 Å². The monoisotopic (exact) mass is 1070 g/mol. The Balaban J connectivity index is 0.00000845. The Morgan fingerprint density at radius 3 is 2.23 bits per heavy atom. The molecule has 1 unspecified atom stereocenters. The smallest absolute Gasteiger partial charge is 0.862 e. The number of hydrogen-bond donors (Lipinski definition) is 3. The minimum atomic E-state index is -4.40. The zero-order valence-electron chi connectivity index (χ0n) is 37.5. The molecule has 5 rings (SSSR count). The number of esters is 1. The molecule has 0 heterocycles. The van der Waals surface area contributed by atoms with Gasteiger partial charge >= 0.3 is 74.9 Å². The number of ether oxygens (including phenoxy) is 1. The van der Waals surface area contributed by atoms with Gasteiger partial charge in [-0.1, -0.05) is 94.6 Å². The number of phenols is 1. The van der Waals surface area contributed by atoms with Gasteiger partial charge in [0.15, 0.2) is 14.1 Å². The van der Waals surface area contributed by atoms with E-state index in [-0.39, 0.29) is 131 Å². The van der Waals surface area contributed by atoms with E-state index in [1.165, 1.54) is 31.2 Å². The maximum Gasteiger partial charge on any atom is 1.00 e. The van der Waals surface area contributed by atoms with Crippen LogP contribution in [-0.4, -0.2) is 76.6 Å². The summed E-state index contributed by atoms with van der Waals surface area (Å²) in [6.45, 7) is 19.0. The van der Waals surface area contributed by atoms with Gasteiger partial charge in [0.05, 0.1) is 21.0 Å². The van der Waals surface area contributed by atoms with E-state index in [9.17, 15) is 33.6 Å². The number of aryl methyl sites for hydroxylation is 1. The fraction of sp³-hybridized carbons (Fsp3) is 0.500. The average Bonchev–Trinajstić information content (AvgIpc) is 3.59. The maximum absolute atomic E-state index is 14.0. The summed E-state index contributed by atoms with van der Waals surface area (Å²) in [4.78, 5) is 18.0. The van der Waals surface area contributed by atoms with E-state index in [2.05, 4.69) is 25.8 Å². The molecule has 18 heteroatoms. The first kappa shape index (κ1) is 53.4. The van der Waals surface area contributed by atoms with Crippen LogP contribution in [0.5, 0.6) is 11.5 Å². The third kappa shape index (κ3) is 11.5. The summed E-state index contributed by atoms with van der Waals surface area (Å²) >= 11 is 13.7. The third-order valence-electron chi connectivity index (χ3n) is 12.4. The largest absolute Gasteiger partial charge is 1.00 e. The average molecular weight is 1070 g/mol. The van der Waals surface area contributed by atoms with Gasteiger partial charge in [-0.15, -0.1) is 0 Å². The van der Waals surface area contributed by atoms with Crippen molar-refractivity contribution < 1.29 is 120 Å². The van der Waals surface area contributed by atoms with Gasteiger partial charge in [-0.3, -0.25) is 9.18 Å². The number of aromatic hydroxyl groups is 1. The van der Waals surface area contributed by atoms with Crippen LogP contribution in [0, 0.1) is 6.92 Å². The molecule has 0 saturated carbocycles. The van der Waals surface area contributed by atoms with Gasteiger partial charge in [0.1, 0.15) is 36.2 Å². The number of aliphatic hydroxyl groups is 2. The van der Waals surface area contributed by atoms with Crippen LogP contribution < -0.4 is 78.4 Å². The molecule has 5 atom stereocenters. The summed E-state index contributed by atoms with van der Waals surface area (Å²) in [5, 5.41) is 46.0. The van der Waals surface area contributed by atoms with Crippen molar-refractivity contribution in [1.29, 1.82) is 0 Å². The number of rotatable bonds is 17. The molecule has 0 amide bonds. The number of carbonyl (C=O) groups excluding carboxylic acids is 1. The number of hydrogen-bond acceptors (Lipinski definition) is 12. The first-order valence-electron chi connectivity index (χ1n) is 20.5. The number of aliphatic imine (C=N–C) groups is 1. The number of carbonyl (C=O) groups is 1. The quantitative estimate of drug-likeness (QED) is 0.0494. The Morgan fingerprint density at radius 1 is 1.05 bits per heavy atom. The van der Waals surface area contributed by atoms with Gasteiger partial charge in [-0.05, 0) is 103 Å². The van der Waals surface area contributed by atoms with Gasteiger partial charge < -0.3 is 34.0 Å².